The third kappa shape index (κ3) is 3.65. The van der Waals surface area contributed by atoms with Crippen molar-refractivity contribution in [2.75, 3.05) is 5.32 Å². The highest BCUT2D eigenvalue weighted by Gasteiger charge is 2.18. The Bertz CT molecular complexity index is 1340. The van der Waals surface area contributed by atoms with Gasteiger partial charge in [-0.3, -0.25) is 10.1 Å². The van der Waals surface area contributed by atoms with Crippen LogP contribution in [0.1, 0.15) is 16.1 Å². The first kappa shape index (κ1) is 18.7. The van der Waals surface area contributed by atoms with Gasteiger partial charge in [-0.1, -0.05) is 42.5 Å². The summed E-state index contributed by atoms with van der Waals surface area (Å²) in [4.78, 5) is 17.6. The van der Waals surface area contributed by atoms with Crippen LogP contribution in [0.2, 0.25) is 0 Å². The molecule has 1 N–H and O–H groups in total. The van der Waals surface area contributed by atoms with Gasteiger partial charge in [-0.15, -0.1) is 22.7 Å². The Hall–Kier alpha value is -3.29. The highest BCUT2D eigenvalue weighted by Crippen LogP contribution is 2.28. The minimum atomic E-state index is -0.288. The Labute approximate surface area is 180 Å². The molecule has 148 valence electrons. The lowest BCUT2D eigenvalue weighted by Gasteiger charge is -2.10. The van der Waals surface area contributed by atoms with E-state index in [9.17, 15) is 9.18 Å². The predicted octanol–water partition coefficient (Wildman–Crippen LogP) is 6.27. The number of benzene rings is 2. The molecule has 0 bridgehead atoms. The van der Waals surface area contributed by atoms with Crippen molar-refractivity contribution in [1.82, 2.24) is 9.55 Å². The Morgan fingerprint density at radius 1 is 1.03 bits per heavy atom. The van der Waals surface area contributed by atoms with Gasteiger partial charge >= 0.3 is 0 Å². The molecule has 0 saturated heterocycles. The summed E-state index contributed by atoms with van der Waals surface area (Å²) in [7, 11) is 0. The SMILES string of the molecule is O=C(Nc1nc(-c2ccccc2)cs1)c1cc2sccc2n1Cc1cccc(F)c1. The third-order valence-electron chi connectivity index (χ3n) is 4.78. The molecule has 3 heterocycles. The van der Waals surface area contributed by atoms with Crippen LogP contribution in [0.3, 0.4) is 0 Å². The maximum absolute atomic E-state index is 13.6. The normalized spacial score (nSPS) is 11.1. The minimum absolute atomic E-state index is 0.233. The van der Waals surface area contributed by atoms with Crippen molar-refractivity contribution in [1.29, 1.82) is 0 Å². The summed E-state index contributed by atoms with van der Waals surface area (Å²) < 4.78 is 16.6. The van der Waals surface area contributed by atoms with Gasteiger partial charge in [-0.05, 0) is 35.2 Å². The Kier molecular flexibility index (Phi) is 4.90. The van der Waals surface area contributed by atoms with Crippen LogP contribution < -0.4 is 5.32 Å². The fraction of sp³-hybridized carbons (Fsp3) is 0.0435. The van der Waals surface area contributed by atoms with Crippen LogP contribution in [-0.4, -0.2) is 15.5 Å². The monoisotopic (exact) mass is 433 g/mol. The van der Waals surface area contributed by atoms with Crippen molar-refractivity contribution in [2.24, 2.45) is 0 Å². The first-order valence-electron chi connectivity index (χ1n) is 9.31. The molecule has 0 unspecified atom stereocenters. The second-order valence-corrected chi connectivity index (χ2v) is 8.58. The molecule has 0 atom stereocenters. The minimum Gasteiger partial charge on any atom is -0.331 e. The molecule has 5 rings (SSSR count). The molecule has 0 radical (unpaired) electrons. The molecule has 0 spiro atoms. The number of aromatic nitrogens is 2. The fourth-order valence-corrected chi connectivity index (χ4v) is 4.92. The topological polar surface area (TPSA) is 46.9 Å². The van der Waals surface area contributed by atoms with Crippen molar-refractivity contribution in [3.63, 3.8) is 0 Å². The van der Waals surface area contributed by atoms with Gasteiger partial charge in [0, 0.05) is 17.5 Å². The quantitative estimate of drug-likeness (QED) is 0.355. The molecule has 3 aromatic heterocycles. The van der Waals surface area contributed by atoms with Gasteiger partial charge in [0.25, 0.3) is 5.91 Å². The zero-order chi connectivity index (χ0) is 20.5. The van der Waals surface area contributed by atoms with Gasteiger partial charge in [0.2, 0.25) is 0 Å². The zero-order valence-electron chi connectivity index (χ0n) is 15.7. The number of nitrogens with one attached hydrogen (secondary N) is 1. The number of thiazole rings is 1. The van der Waals surface area contributed by atoms with Crippen LogP contribution in [0.25, 0.3) is 21.5 Å². The van der Waals surface area contributed by atoms with Crippen LogP contribution in [0.5, 0.6) is 0 Å². The van der Waals surface area contributed by atoms with Crippen LogP contribution in [0, 0.1) is 5.82 Å². The molecule has 30 heavy (non-hydrogen) atoms. The number of anilines is 1. The smallest absolute Gasteiger partial charge is 0.274 e. The summed E-state index contributed by atoms with van der Waals surface area (Å²) in [6.07, 6.45) is 0. The maximum atomic E-state index is 13.6. The number of hydrogen-bond acceptors (Lipinski definition) is 4. The van der Waals surface area contributed by atoms with E-state index in [1.165, 1.54) is 23.5 Å². The molecule has 7 heteroatoms. The molecule has 2 aromatic carbocycles. The molecule has 0 aliphatic carbocycles. The van der Waals surface area contributed by atoms with E-state index in [1.807, 2.05) is 63.9 Å². The van der Waals surface area contributed by atoms with E-state index < -0.39 is 0 Å². The lowest BCUT2D eigenvalue weighted by molar-refractivity contribution is 0.101. The number of fused-ring (bicyclic) bond motifs is 1. The summed E-state index contributed by atoms with van der Waals surface area (Å²) in [6.45, 7) is 0.411. The predicted molar refractivity (Wildman–Crippen MR) is 121 cm³/mol. The lowest BCUT2D eigenvalue weighted by atomic mass is 10.2. The largest absolute Gasteiger partial charge is 0.331 e. The average molecular weight is 434 g/mol. The van der Waals surface area contributed by atoms with Crippen molar-refractivity contribution < 1.29 is 9.18 Å². The highest BCUT2D eigenvalue weighted by atomic mass is 32.1. The Balaban J connectivity index is 1.44. The van der Waals surface area contributed by atoms with Crippen LogP contribution in [0.4, 0.5) is 9.52 Å². The number of carbonyl (C=O) groups is 1. The molecule has 4 nitrogen and oxygen atoms in total. The van der Waals surface area contributed by atoms with Crippen LogP contribution in [-0.2, 0) is 6.54 Å². The van der Waals surface area contributed by atoms with Gasteiger partial charge in [-0.25, -0.2) is 9.37 Å². The second kappa shape index (κ2) is 7.85. The molecule has 0 saturated carbocycles. The molecule has 0 aliphatic heterocycles. The summed E-state index contributed by atoms with van der Waals surface area (Å²) in [6, 6.07) is 20.1. The summed E-state index contributed by atoms with van der Waals surface area (Å²) >= 11 is 2.96. The highest BCUT2D eigenvalue weighted by molar-refractivity contribution is 7.17. The Morgan fingerprint density at radius 2 is 1.90 bits per heavy atom. The molecule has 0 fully saturated rings. The van der Waals surface area contributed by atoms with E-state index in [1.54, 1.807) is 17.4 Å². The number of halogens is 1. The second-order valence-electron chi connectivity index (χ2n) is 6.77. The lowest BCUT2D eigenvalue weighted by Crippen LogP contribution is -2.17. The average Bonchev–Trinajstić information content (AvgIpc) is 3.46. The van der Waals surface area contributed by atoms with Gasteiger partial charge < -0.3 is 4.57 Å². The number of rotatable bonds is 5. The molecule has 5 aromatic rings. The summed E-state index contributed by atoms with van der Waals surface area (Å²) in [5.41, 5.74) is 4.11. The number of thiophene rings is 1. The first-order valence-corrected chi connectivity index (χ1v) is 11.1. The fourth-order valence-electron chi connectivity index (χ4n) is 3.39. The number of amides is 1. The van der Waals surface area contributed by atoms with E-state index in [0.29, 0.717) is 17.4 Å². The van der Waals surface area contributed by atoms with Crippen LogP contribution in [0.15, 0.2) is 77.5 Å². The van der Waals surface area contributed by atoms with E-state index in [-0.39, 0.29) is 11.7 Å². The number of hydrogen-bond donors (Lipinski definition) is 1. The van der Waals surface area contributed by atoms with E-state index in [2.05, 4.69) is 10.3 Å². The summed E-state index contributed by atoms with van der Waals surface area (Å²) in [5, 5.41) is 7.37. The van der Waals surface area contributed by atoms with Gasteiger partial charge in [-0.2, -0.15) is 0 Å². The number of carbonyl (C=O) groups excluding carboxylic acids is 1. The summed E-state index contributed by atoms with van der Waals surface area (Å²) in [5.74, 6) is -0.521. The van der Waals surface area contributed by atoms with Crippen molar-refractivity contribution >= 4 is 43.9 Å². The first-order chi connectivity index (χ1) is 14.7. The van der Waals surface area contributed by atoms with Gasteiger partial charge in [0.05, 0.1) is 15.9 Å². The third-order valence-corrected chi connectivity index (χ3v) is 6.39. The van der Waals surface area contributed by atoms with E-state index >= 15 is 0 Å². The number of nitrogens with zero attached hydrogens (tertiary/aromatic N) is 2. The molecular weight excluding hydrogens is 417 g/mol. The molecule has 0 aliphatic rings. The van der Waals surface area contributed by atoms with Gasteiger partial charge in [0.15, 0.2) is 5.13 Å². The van der Waals surface area contributed by atoms with E-state index in [0.717, 1.165) is 27.0 Å². The van der Waals surface area contributed by atoms with Crippen molar-refractivity contribution in [2.45, 2.75) is 6.54 Å². The van der Waals surface area contributed by atoms with E-state index in [4.69, 9.17) is 0 Å². The molecular formula is C23H16FN3OS2. The van der Waals surface area contributed by atoms with Gasteiger partial charge in [0.1, 0.15) is 11.5 Å². The standard InChI is InChI=1S/C23H16FN3OS2/c24-17-8-4-5-15(11-17)13-27-19-9-10-29-21(19)12-20(27)22(28)26-23-25-18(14-30-23)16-6-2-1-3-7-16/h1-12,14H,13H2,(H,25,26,28). The zero-order valence-corrected chi connectivity index (χ0v) is 17.3. The molecule has 1 amide bonds. The maximum Gasteiger partial charge on any atom is 0.274 e. The van der Waals surface area contributed by atoms with Crippen molar-refractivity contribution in [3.05, 3.63) is 94.6 Å². The van der Waals surface area contributed by atoms with Crippen molar-refractivity contribution in [3.8, 4) is 11.3 Å². The Morgan fingerprint density at radius 3 is 2.73 bits per heavy atom. The van der Waals surface area contributed by atoms with Crippen LogP contribution >= 0.6 is 22.7 Å².